The maximum absolute atomic E-state index is 13.5. The minimum atomic E-state index is -0.678. The second-order valence-corrected chi connectivity index (χ2v) is 11.0. The average Bonchev–Trinajstić information content (AvgIpc) is 3.19. The fourth-order valence-corrected chi connectivity index (χ4v) is 7.37. The van der Waals surface area contributed by atoms with Crippen molar-refractivity contribution >= 4 is 23.5 Å². The fraction of sp³-hybridized carbons (Fsp3) is 0.607. The number of likely N-dealkylation sites (tertiary alicyclic amines) is 1. The summed E-state index contributed by atoms with van der Waals surface area (Å²) in [5.41, 5.74) is 1.97. The van der Waals surface area contributed by atoms with Gasteiger partial charge in [-0.15, -0.1) is 0 Å². The minimum Gasteiger partial charge on any atom is -0.497 e. The lowest BCUT2D eigenvalue weighted by molar-refractivity contribution is -0.136. The molecule has 1 aliphatic carbocycles. The summed E-state index contributed by atoms with van der Waals surface area (Å²) in [6, 6.07) is 6.61. The number of hydrogen-bond donors (Lipinski definition) is 1. The van der Waals surface area contributed by atoms with E-state index in [1.165, 1.54) is 37.8 Å². The van der Waals surface area contributed by atoms with Crippen molar-refractivity contribution in [3.63, 3.8) is 0 Å². The molecule has 5 atom stereocenters. The SMILES string of the molecule is COc1ccc(N2C(=O)NC(CCC(=O)N3CCCC4=CC5CC(CN6CCCCC56)C43)C2=O)cc1. The molecule has 1 aromatic rings. The molecule has 8 heteroatoms. The Morgan fingerprint density at radius 3 is 2.75 bits per heavy atom. The van der Waals surface area contributed by atoms with E-state index in [1.807, 2.05) is 0 Å². The number of benzene rings is 1. The van der Waals surface area contributed by atoms with Crippen LogP contribution in [-0.2, 0) is 9.59 Å². The van der Waals surface area contributed by atoms with Gasteiger partial charge >= 0.3 is 6.03 Å². The molecule has 4 saturated heterocycles. The molecule has 4 fully saturated rings. The molecule has 0 saturated carbocycles. The lowest BCUT2D eigenvalue weighted by Crippen LogP contribution is -2.60. The summed E-state index contributed by atoms with van der Waals surface area (Å²) in [5.74, 6) is 1.61. The minimum absolute atomic E-state index is 0.106. The number of ether oxygens (including phenoxy) is 1. The molecule has 0 aromatic heterocycles. The number of anilines is 1. The summed E-state index contributed by atoms with van der Waals surface area (Å²) in [6.07, 6.45) is 10.3. The molecular weight excluding hydrogens is 456 g/mol. The summed E-state index contributed by atoms with van der Waals surface area (Å²) in [6.45, 7) is 3.07. The highest BCUT2D eigenvalue weighted by Crippen LogP contribution is 2.45. The van der Waals surface area contributed by atoms with Crippen molar-refractivity contribution in [3.8, 4) is 5.75 Å². The normalized spacial score (nSPS) is 31.9. The predicted octanol–water partition coefficient (Wildman–Crippen LogP) is 3.32. The summed E-state index contributed by atoms with van der Waals surface area (Å²) in [7, 11) is 1.57. The van der Waals surface area contributed by atoms with Gasteiger partial charge in [-0.2, -0.15) is 0 Å². The van der Waals surface area contributed by atoms with Crippen LogP contribution in [0.15, 0.2) is 35.9 Å². The Balaban J connectivity index is 1.12. The first-order valence-electron chi connectivity index (χ1n) is 13.6. The van der Waals surface area contributed by atoms with Gasteiger partial charge in [-0.3, -0.25) is 14.5 Å². The zero-order chi connectivity index (χ0) is 24.8. The Morgan fingerprint density at radius 1 is 1.11 bits per heavy atom. The number of carbonyl (C=O) groups is 3. The van der Waals surface area contributed by atoms with Crippen LogP contribution in [0.4, 0.5) is 10.5 Å². The van der Waals surface area contributed by atoms with E-state index >= 15 is 0 Å². The second-order valence-electron chi connectivity index (χ2n) is 11.0. The maximum atomic E-state index is 13.5. The van der Waals surface area contributed by atoms with Gasteiger partial charge < -0.3 is 15.0 Å². The number of carbonyl (C=O) groups excluding carboxylic acids is 3. The van der Waals surface area contributed by atoms with E-state index in [9.17, 15) is 14.4 Å². The number of piperidine rings is 3. The van der Waals surface area contributed by atoms with Crippen LogP contribution in [0.1, 0.15) is 51.4 Å². The molecule has 5 aliphatic rings. The van der Waals surface area contributed by atoms with Crippen LogP contribution >= 0.6 is 0 Å². The monoisotopic (exact) mass is 492 g/mol. The topological polar surface area (TPSA) is 82.2 Å². The van der Waals surface area contributed by atoms with Gasteiger partial charge in [-0.25, -0.2) is 9.69 Å². The van der Waals surface area contributed by atoms with Crippen LogP contribution in [0.5, 0.6) is 5.75 Å². The molecule has 1 aromatic carbocycles. The maximum Gasteiger partial charge on any atom is 0.329 e. The standard InChI is InChI=1S/C28H36N4O4/c1-36-22-9-7-21(8-10-22)32-27(34)23(29-28(32)35)11-12-25(33)31-14-4-5-18-15-19-16-20(26(18)31)17-30-13-3-2-6-24(19)30/h7-10,15,19-20,23-24,26H,2-6,11-14,16-17H2,1H3,(H,29,35). The van der Waals surface area contributed by atoms with Crippen LogP contribution in [-0.4, -0.2) is 72.5 Å². The quantitative estimate of drug-likeness (QED) is 0.504. The average molecular weight is 493 g/mol. The first-order chi connectivity index (χ1) is 17.5. The number of urea groups is 1. The molecule has 192 valence electrons. The molecule has 0 radical (unpaired) electrons. The highest BCUT2D eigenvalue weighted by atomic mass is 16.5. The smallest absolute Gasteiger partial charge is 0.329 e. The molecule has 8 nitrogen and oxygen atoms in total. The summed E-state index contributed by atoms with van der Waals surface area (Å²) >= 11 is 0. The third kappa shape index (κ3) is 4.09. The number of amides is 4. The third-order valence-electron chi connectivity index (χ3n) is 8.97. The van der Waals surface area contributed by atoms with E-state index < -0.39 is 12.1 Å². The first-order valence-corrected chi connectivity index (χ1v) is 13.6. The molecule has 36 heavy (non-hydrogen) atoms. The number of imide groups is 1. The van der Waals surface area contributed by atoms with Crippen molar-refractivity contribution in [2.24, 2.45) is 11.8 Å². The molecule has 0 spiro atoms. The zero-order valence-electron chi connectivity index (χ0n) is 21.0. The van der Waals surface area contributed by atoms with Gasteiger partial charge in [-0.1, -0.05) is 18.1 Å². The third-order valence-corrected chi connectivity index (χ3v) is 8.97. The fourth-order valence-electron chi connectivity index (χ4n) is 7.37. The summed E-state index contributed by atoms with van der Waals surface area (Å²) in [4.78, 5) is 45.1. The Morgan fingerprint density at radius 2 is 1.94 bits per heavy atom. The van der Waals surface area contributed by atoms with Gasteiger partial charge in [0, 0.05) is 25.6 Å². The van der Waals surface area contributed by atoms with Gasteiger partial charge in [0.25, 0.3) is 5.91 Å². The van der Waals surface area contributed by atoms with Crippen LogP contribution in [0.25, 0.3) is 0 Å². The summed E-state index contributed by atoms with van der Waals surface area (Å²) in [5, 5.41) is 2.78. The van der Waals surface area contributed by atoms with Gasteiger partial charge in [-0.05, 0) is 81.2 Å². The number of rotatable bonds is 5. The molecule has 2 bridgehead atoms. The molecule has 1 N–H and O–H groups in total. The van der Waals surface area contributed by atoms with Gasteiger partial charge in [0.15, 0.2) is 0 Å². The lowest BCUT2D eigenvalue weighted by atomic mass is 9.68. The van der Waals surface area contributed by atoms with E-state index in [0.29, 0.717) is 35.7 Å². The van der Waals surface area contributed by atoms with Crippen molar-refractivity contribution in [3.05, 3.63) is 35.9 Å². The molecule has 4 heterocycles. The van der Waals surface area contributed by atoms with Crippen LogP contribution in [0.2, 0.25) is 0 Å². The Kier molecular flexibility index (Phi) is 6.23. The van der Waals surface area contributed by atoms with Crippen LogP contribution in [0, 0.1) is 11.8 Å². The van der Waals surface area contributed by atoms with Crippen molar-refractivity contribution in [1.29, 1.82) is 0 Å². The second kappa shape index (κ2) is 9.54. The molecule has 4 aliphatic heterocycles. The number of methoxy groups -OCH3 is 1. The van der Waals surface area contributed by atoms with Gasteiger partial charge in [0.2, 0.25) is 5.91 Å². The van der Waals surface area contributed by atoms with Gasteiger partial charge in [0.1, 0.15) is 11.8 Å². The lowest BCUT2D eigenvalue weighted by Gasteiger charge is -2.54. The van der Waals surface area contributed by atoms with E-state index in [4.69, 9.17) is 4.74 Å². The van der Waals surface area contributed by atoms with E-state index in [2.05, 4.69) is 21.2 Å². The van der Waals surface area contributed by atoms with E-state index in [0.717, 1.165) is 30.8 Å². The van der Waals surface area contributed by atoms with Crippen LogP contribution in [0.3, 0.4) is 0 Å². The number of nitrogens with zero attached hydrogens (tertiary/aromatic N) is 3. The number of nitrogens with one attached hydrogen (secondary N) is 1. The Bertz CT molecular complexity index is 1070. The number of hydrogen-bond acceptors (Lipinski definition) is 5. The highest BCUT2D eigenvalue weighted by molar-refractivity contribution is 6.21. The summed E-state index contributed by atoms with van der Waals surface area (Å²) < 4.78 is 5.17. The van der Waals surface area contributed by atoms with Crippen molar-refractivity contribution < 1.29 is 19.1 Å². The van der Waals surface area contributed by atoms with Crippen molar-refractivity contribution in [1.82, 2.24) is 15.1 Å². The first kappa shape index (κ1) is 23.5. The Hall–Kier alpha value is -2.87. The molecular formula is C28H36N4O4. The van der Waals surface area contributed by atoms with Crippen LogP contribution < -0.4 is 15.0 Å². The van der Waals surface area contributed by atoms with Crippen molar-refractivity contribution in [2.45, 2.75) is 69.5 Å². The largest absolute Gasteiger partial charge is 0.497 e. The number of fused-ring (bicyclic) bond motifs is 6. The molecule has 4 amide bonds. The molecule has 6 rings (SSSR count). The van der Waals surface area contributed by atoms with E-state index in [1.54, 1.807) is 31.4 Å². The molecule has 5 unspecified atom stereocenters. The predicted molar refractivity (Wildman–Crippen MR) is 136 cm³/mol. The van der Waals surface area contributed by atoms with Gasteiger partial charge in [0.05, 0.1) is 18.8 Å². The highest BCUT2D eigenvalue weighted by Gasteiger charge is 2.47. The zero-order valence-corrected chi connectivity index (χ0v) is 21.0. The van der Waals surface area contributed by atoms with Crippen molar-refractivity contribution in [2.75, 3.05) is 31.6 Å². The van der Waals surface area contributed by atoms with E-state index in [-0.39, 0.29) is 24.3 Å². The Labute approximate surface area is 212 Å².